The Morgan fingerprint density at radius 3 is 2.43 bits per heavy atom. The van der Waals surface area contributed by atoms with Crippen LogP contribution in [-0.4, -0.2) is 39.7 Å². The van der Waals surface area contributed by atoms with E-state index in [2.05, 4.69) is 0 Å². The molecule has 0 saturated carbocycles. The van der Waals surface area contributed by atoms with Crippen molar-refractivity contribution in [1.29, 1.82) is 0 Å². The van der Waals surface area contributed by atoms with Crippen LogP contribution >= 0.6 is 0 Å². The third-order valence-electron chi connectivity index (χ3n) is 1.96. The van der Waals surface area contributed by atoms with E-state index in [-0.39, 0.29) is 24.2 Å². The number of sulfone groups is 1. The summed E-state index contributed by atoms with van der Waals surface area (Å²) in [5.41, 5.74) is 5.55. The molecule has 5 heteroatoms. The summed E-state index contributed by atoms with van der Waals surface area (Å²) in [5.74, 6) is 0.380. The smallest absolute Gasteiger partial charge is 0.152 e. The van der Waals surface area contributed by atoms with Crippen molar-refractivity contribution in [3.63, 3.8) is 0 Å². The highest BCUT2D eigenvalue weighted by molar-refractivity contribution is 7.91. The van der Waals surface area contributed by atoms with Gasteiger partial charge < -0.3 is 10.5 Å². The van der Waals surface area contributed by atoms with Crippen molar-refractivity contribution in [2.75, 3.05) is 25.2 Å². The zero-order chi connectivity index (χ0) is 11.0. The Bertz CT molecular complexity index is 224. The number of rotatable bonds is 8. The first-order chi connectivity index (χ1) is 6.48. The Kier molecular flexibility index (Phi) is 7.13. The van der Waals surface area contributed by atoms with Crippen molar-refractivity contribution < 1.29 is 13.2 Å². The van der Waals surface area contributed by atoms with E-state index in [1.165, 1.54) is 7.11 Å². The van der Waals surface area contributed by atoms with Gasteiger partial charge in [0.1, 0.15) is 0 Å². The van der Waals surface area contributed by atoms with Crippen LogP contribution in [0.1, 0.15) is 26.2 Å². The van der Waals surface area contributed by atoms with Crippen molar-refractivity contribution >= 4 is 9.84 Å². The Balaban J connectivity index is 3.56. The minimum absolute atomic E-state index is 0.127. The lowest BCUT2D eigenvalue weighted by molar-refractivity contribution is 0.217. The first-order valence-corrected chi connectivity index (χ1v) is 6.75. The average Bonchev–Trinajstić information content (AvgIpc) is 2.09. The molecule has 0 radical (unpaired) electrons. The van der Waals surface area contributed by atoms with E-state index in [1.54, 1.807) is 0 Å². The van der Waals surface area contributed by atoms with Crippen LogP contribution in [0, 0.1) is 0 Å². The molecule has 0 aromatic rings. The van der Waals surface area contributed by atoms with Crippen LogP contribution in [0.4, 0.5) is 0 Å². The van der Waals surface area contributed by atoms with Gasteiger partial charge in [0.25, 0.3) is 0 Å². The molecule has 14 heavy (non-hydrogen) atoms. The first kappa shape index (κ1) is 13.9. The summed E-state index contributed by atoms with van der Waals surface area (Å²) in [6.07, 6.45) is 2.47. The van der Waals surface area contributed by atoms with E-state index in [4.69, 9.17) is 10.5 Å². The third kappa shape index (κ3) is 8.47. The number of methoxy groups -OCH3 is 1. The second-order valence-corrected chi connectivity index (χ2v) is 5.92. The summed E-state index contributed by atoms with van der Waals surface area (Å²) in [4.78, 5) is 0. The molecule has 0 aliphatic heterocycles. The van der Waals surface area contributed by atoms with Crippen molar-refractivity contribution in [1.82, 2.24) is 0 Å². The molecule has 0 aliphatic carbocycles. The zero-order valence-corrected chi connectivity index (χ0v) is 9.85. The molecule has 0 aromatic carbocycles. The second kappa shape index (κ2) is 7.20. The maximum Gasteiger partial charge on any atom is 0.152 e. The minimum atomic E-state index is -2.91. The molecule has 86 valence electrons. The topological polar surface area (TPSA) is 69.4 Å². The van der Waals surface area contributed by atoms with Crippen LogP contribution in [0.2, 0.25) is 0 Å². The van der Waals surface area contributed by atoms with Crippen LogP contribution in [0.5, 0.6) is 0 Å². The number of ether oxygens (including phenoxy) is 1. The quantitative estimate of drug-likeness (QED) is 0.611. The van der Waals surface area contributed by atoms with Crippen LogP contribution in [0.3, 0.4) is 0 Å². The van der Waals surface area contributed by atoms with Crippen molar-refractivity contribution in [2.45, 2.75) is 32.2 Å². The van der Waals surface area contributed by atoms with Gasteiger partial charge in [-0.3, -0.25) is 0 Å². The van der Waals surface area contributed by atoms with E-state index in [1.807, 2.05) is 6.92 Å². The molecule has 1 atom stereocenters. The largest absolute Gasteiger partial charge is 0.384 e. The SMILES string of the molecule is COCCS(=O)(=O)CCCCC(C)N. The second-order valence-electron chi connectivity index (χ2n) is 3.62. The van der Waals surface area contributed by atoms with Gasteiger partial charge in [0.05, 0.1) is 18.1 Å². The summed E-state index contributed by atoms with van der Waals surface area (Å²) < 4.78 is 27.4. The molecular weight excluding hydrogens is 202 g/mol. The Morgan fingerprint density at radius 2 is 1.93 bits per heavy atom. The normalized spacial score (nSPS) is 14.2. The predicted octanol–water partition coefficient (Wildman–Crippen LogP) is 0.565. The van der Waals surface area contributed by atoms with Gasteiger partial charge in [0.15, 0.2) is 9.84 Å². The van der Waals surface area contributed by atoms with Gasteiger partial charge in [0, 0.05) is 13.2 Å². The van der Waals surface area contributed by atoms with Crippen LogP contribution in [0.25, 0.3) is 0 Å². The van der Waals surface area contributed by atoms with Gasteiger partial charge in [-0.15, -0.1) is 0 Å². The van der Waals surface area contributed by atoms with Gasteiger partial charge in [-0.25, -0.2) is 8.42 Å². The monoisotopic (exact) mass is 223 g/mol. The molecule has 0 bridgehead atoms. The first-order valence-electron chi connectivity index (χ1n) is 4.93. The predicted molar refractivity (Wildman–Crippen MR) is 58.0 cm³/mol. The maximum absolute atomic E-state index is 11.3. The molecule has 0 heterocycles. The number of hydrogen-bond donors (Lipinski definition) is 1. The summed E-state index contributed by atoms with van der Waals surface area (Å²) in [6, 6.07) is 0.164. The highest BCUT2D eigenvalue weighted by atomic mass is 32.2. The molecule has 0 aliphatic rings. The van der Waals surface area contributed by atoms with Crippen molar-refractivity contribution in [2.24, 2.45) is 5.73 Å². The Morgan fingerprint density at radius 1 is 1.29 bits per heavy atom. The van der Waals surface area contributed by atoms with Crippen molar-refractivity contribution in [3.05, 3.63) is 0 Å². The third-order valence-corrected chi connectivity index (χ3v) is 3.66. The van der Waals surface area contributed by atoms with E-state index in [0.29, 0.717) is 6.42 Å². The van der Waals surface area contributed by atoms with Gasteiger partial charge in [-0.05, 0) is 19.8 Å². The molecule has 4 nitrogen and oxygen atoms in total. The van der Waals surface area contributed by atoms with E-state index < -0.39 is 9.84 Å². The fraction of sp³-hybridized carbons (Fsp3) is 1.00. The molecule has 0 fully saturated rings. The van der Waals surface area contributed by atoms with Gasteiger partial charge >= 0.3 is 0 Å². The number of nitrogens with two attached hydrogens (primary N) is 1. The lowest BCUT2D eigenvalue weighted by Crippen LogP contribution is -2.17. The molecule has 0 amide bonds. The molecule has 2 N–H and O–H groups in total. The maximum atomic E-state index is 11.3. The molecular formula is C9H21NO3S. The van der Waals surface area contributed by atoms with E-state index in [0.717, 1.165) is 12.8 Å². The summed E-state index contributed by atoms with van der Waals surface area (Å²) in [7, 11) is -1.40. The van der Waals surface area contributed by atoms with E-state index in [9.17, 15) is 8.42 Å². The standard InChI is InChI=1S/C9H21NO3S/c1-9(10)5-3-4-7-14(11,12)8-6-13-2/h9H,3-8,10H2,1-2H3. The highest BCUT2D eigenvalue weighted by Gasteiger charge is 2.09. The van der Waals surface area contributed by atoms with E-state index >= 15 is 0 Å². The molecule has 0 spiro atoms. The summed E-state index contributed by atoms with van der Waals surface area (Å²) >= 11 is 0. The molecule has 0 aromatic heterocycles. The lowest BCUT2D eigenvalue weighted by atomic mass is 10.2. The zero-order valence-electron chi connectivity index (χ0n) is 9.03. The van der Waals surface area contributed by atoms with Gasteiger partial charge in [-0.1, -0.05) is 6.42 Å². The minimum Gasteiger partial charge on any atom is -0.384 e. The Hall–Kier alpha value is -0.130. The summed E-state index contributed by atoms with van der Waals surface area (Å²) in [5, 5.41) is 0. The van der Waals surface area contributed by atoms with Gasteiger partial charge in [0.2, 0.25) is 0 Å². The Labute approximate surface area is 86.7 Å². The number of hydrogen-bond acceptors (Lipinski definition) is 4. The summed E-state index contributed by atoms with van der Waals surface area (Å²) in [6.45, 7) is 2.22. The van der Waals surface area contributed by atoms with Crippen LogP contribution in [-0.2, 0) is 14.6 Å². The van der Waals surface area contributed by atoms with Crippen LogP contribution < -0.4 is 5.73 Å². The van der Waals surface area contributed by atoms with Gasteiger partial charge in [-0.2, -0.15) is 0 Å². The lowest BCUT2D eigenvalue weighted by Gasteiger charge is -2.05. The van der Waals surface area contributed by atoms with Crippen LogP contribution in [0.15, 0.2) is 0 Å². The fourth-order valence-corrected chi connectivity index (χ4v) is 2.37. The molecule has 1 unspecified atom stereocenters. The molecule has 0 saturated heterocycles. The average molecular weight is 223 g/mol. The number of unbranched alkanes of at least 4 members (excludes halogenated alkanes) is 1. The van der Waals surface area contributed by atoms with Crippen molar-refractivity contribution in [3.8, 4) is 0 Å². The fourth-order valence-electron chi connectivity index (χ4n) is 1.10. The highest BCUT2D eigenvalue weighted by Crippen LogP contribution is 2.02. The molecule has 0 rings (SSSR count).